The van der Waals surface area contributed by atoms with E-state index < -0.39 is 15.9 Å². The molecule has 2 atom stereocenters. The van der Waals surface area contributed by atoms with Crippen LogP contribution in [-0.4, -0.2) is 14.3 Å². The highest BCUT2D eigenvalue weighted by atomic mass is 32.2. The number of amides is 1. The molecule has 158 valence electrons. The van der Waals surface area contributed by atoms with Crippen LogP contribution in [0.25, 0.3) is 0 Å². The second-order valence-corrected chi connectivity index (χ2v) is 9.81. The van der Waals surface area contributed by atoms with Crippen molar-refractivity contribution in [2.75, 3.05) is 4.31 Å². The third-order valence-electron chi connectivity index (χ3n) is 5.86. The summed E-state index contributed by atoms with van der Waals surface area (Å²) in [5.41, 5.74) is 4.02. The van der Waals surface area contributed by atoms with Gasteiger partial charge in [-0.15, -0.1) is 6.58 Å². The number of anilines is 1. The van der Waals surface area contributed by atoms with Crippen molar-refractivity contribution >= 4 is 21.6 Å². The van der Waals surface area contributed by atoms with Gasteiger partial charge in [-0.2, -0.15) is 0 Å². The summed E-state index contributed by atoms with van der Waals surface area (Å²) < 4.78 is 28.3. The predicted octanol–water partition coefficient (Wildman–Crippen LogP) is 5.48. The van der Waals surface area contributed by atoms with Crippen LogP contribution in [0, 0.1) is 13.8 Å². The van der Waals surface area contributed by atoms with Crippen molar-refractivity contribution in [2.24, 2.45) is 0 Å². The molecule has 0 unspecified atom stereocenters. The lowest BCUT2D eigenvalue weighted by atomic mass is 9.79. The minimum Gasteiger partial charge on any atom is -0.273 e. The van der Waals surface area contributed by atoms with Gasteiger partial charge >= 0.3 is 0 Å². The van der Waals surface area contributed by atoms with Gasteiger partial charge in [0.2, 0.25) is 5.91 Å². The number of carbonyl (C=O) groups excluding carboxylic acids is 1. The Morgan fingerprint density at radius 1 is 0.935 bits per heavy atom. The van der Waals surface area contributed by atoms with Crippen LogP contribution in [0.1, 0.15) is 40.5 Å². The standard InChI is InChI=1S/C26H25NO3S/c1-4-22-23-15-12-19(3)16-25(23)27(31(29,30)21-13-10-18(2)11-14-21)26(28)17-24(22)20-8-6-5-7-9-20/h4-16,22,24H,1,17H2,2-3H3/t22-,24+/m0/s1. The topological polar surface area (TPSA) is 54.5 Å². The molecule has 1 aliphatic heterocycles. The molecule has 0 saturated carbocycles. The maximum absolute atomic E-state index is 13.7. The zero-order valence-electron chi connectivity index (χ0n) is 17.7. The first-order valence-electron chi connectivity index (χ1n) is 10.3. The van der Waals surface area contributed by atoms with Gasteiger partial charge in [0.1, 0.15) is 0 Å². The number of sulfonamides is 1. The molecule has 5 heteroatoms. The van der Waals surface area contributed by atoms with E-state index in [1.807, 2.05) is 62.4 Å². The van der Waals surface area contributed by atoms with Crippen LogP contribution < -0.4 is 4.31 Å². The van der Waals surface area contributed by atoms with E-state index in [4.69, 9.17) is 0 Å². The molecule has 0 aromatic heterocycles. The summed E-state index contributed by atoms with van der Waals surface area (Å²) in [5.74, 6) is -0.836. The highest BCUT2D eigenvalue weighted by Gasteiger charge is 2.40. The summed E-state index contributed by atoms with van der Waals surface area (Å²) >= 11 is 0. The molecule has 4 nitrogen and oxygen atoms in total. The molecule has 0 aliphatic carbocycles. The van der Waals surface area contributed by atoms with Gasteiger partial charge in [-0.1, -0.05) is 66.2 Å². The molecule has 31 heavy (non-hydrogen) atoms. The smallest absolute Gasteiger partial charge is 0.270 e. The number of hydrogen-bond donors (Lipinski definition) is 0. The molecule has 0 spiro atoms. The monoisotopic (exact) mass is 431 g/mol. The lowest BCUT2D eigenvalue weighted by Crippen LogP contribution is -2.37. The molecule has 4 rings (SSSR count). The molecular formula is C26H25NO3S. The number of hydrogen-bond acceptors (Lipinski definition) is 3. The Hall–Kier alpha value is -3.18. The zero-order chi connectivity index (χ0) is 22.2. The molecule has 0 saturated heterocycles. The summed E-state index contributed by atoms with van der Waals surface area (Å²) in [7, 11) is -4.07. The number of fused-ring (bicyclic) bond motifs is 1. The fourth-order valence-electron chi connectivity index (χ4n) is 4.26. The van der Waals surface area contributed by atoms with E-state index in [1.165, 1.54) is 0 Å². The van der Waals surface area contributed by atoms with E-state index in [0.717, 1.165) is 26.6 Å². The van der Waals surface area contributed by atoms with Crippen molar-refractivity contribution in [3.8, 4) is 0 Å². The van der Waals surface area contributed by atoms with E-state index in [9.17, 15) is 13.2 Å². The van der Waals surface area contributed by atoms with Crippen LogP contribution in [-0.2, 0) is 14.8 Å². The molecule has 0 bridgehead atoms. The van der Waals surface area contributed by atoms with E-state index in [0.29, 0.717) is 5.69 Å². The largest absolute Gasteiger partial charge is 0.273 e. The second-order valence-electron chi connectivity index (χ2n) is 8.02. The third kappa shape index (κ3) is 3.81. The van der Waals surface area contributed by atoms with Gasteiger partial charge in [-0.25, -0.2) is 12.7 Å². The van der Waals surface area contributed by atoms with Gasteiger partial charge in [-0.05, 0) is 48.7 Å². The van der Waals surface area contributed by atoms with Crippen molar-refractivity contribution in [2.45, 2.75) is 37.0 Å². The fraction of sp³-hybridized carbons (Fsp3) is 0.192. The fourth-order valence-corrected chi connectivity index (χ4v) is 5.71. The molecule has 0 fully saturated rings. The number of allylic oxidation sites excluding steroid dienone is 1. The first kappa shape index (κ1) is 21.1. The summed E-state index contributed by atoms with van der Waals surface area (Å²) in [6.07, 6.45) is 1.89. The maximum Gasteiger partial charge on any atom is 0.270 e. The highest BCUT2D eigenvalue weighted by Crippen LogP contribution is 2.45. The molecule has 1 heterocycles. The molecule has 0 radical (unpaired) electrons. The van der Waals surface area contributed by atoms with Crippen LogP contribution >= 0.6 is 0 Å². The van der Waals surface area contributed by atoms with Crippen LogP contribution in [0.5, 0.6) is 0 Å². The average molecular weight is 432 g/mol. The quantitative estimate of drug-likeness (QED) is 0.514. The van der Waals surface area contributed by atoms with Crippen LogP contribution in [0.3, 0.4) is 0 Å². The molecule has 1 aliphatic rings. The van der Waals surface area contributed by atoms with E-state index in [-0.39, 0.29) is 23.2 Å². The number of carbonyl (C=O) groups is 1. The minimum absolute atomic E-state index is 0.0690. The van der Waals surface area contributed by atoms with Crippen molar-refractivity contribution in [1.29, 1.82) is 0 Å². The van der Waals surface area contributed by atoms with Crippen molar-refractivity contribution in [3.05, 3.63) is 108 Å². The Morgan fingerprint density at radius 3 is 2.23 bits per heavy atom. The first-order chi connectivity index (χ1) is 14.8. The van der Waals surface area contributed by atoms with Crippen molar-refractivity contribution in [1.82, 2.24) is 0 Å². The van der Waals surface area contributed by atoms with Gasteiger partial charge in [0.15, 0.2) is 0 Å². The lowest BCUT2D eigenvalue weighted by Gasteiger charge is -2.24. The number of nitrogens with zero attached hydrogens (tertiary/aromatic N) is 1. The van der Waals surface area contributed by atoms with Gasteiger partial charge in [0, 0.05) is 18.3 Å². The highest BCUT2D eigenvalue weighted by molar-refractivity contribution is 7.93. The van der Waals surface area contributed by atoms with Gasteiger partial charge in [0.05, 0.1) is 10.6 Å². The Kier molecular flexibility index (Phi) is 5.54. The summed E-state index contributed by atoms with van der Waals surface area (Å²) in [4.78, 5) is 13.6. The Labute approximate surface area is 183 Å². The maximum atomic E-state index is 13.7. The SMILES string of the molecule is C=C[C@H]1c2ccc(C)cc2N(S(=O)(=O)c2ccc(C)cc2)C(=O)C[C@@H]1c1ccccc1. The van der Waals surface area contributed by atoms with E-state index in [2.05, 4.69) is 6.58 Å². The molecule has 3 aromatic rings. The van der Waals surface area contributed by atoms with E-state index in [1.54, 1.807) is 30.3 Å². The predicted molar refractivity (Wildman–Crippen MR) is 124 cm³/mol. The van der Waals surface area contributed by atoms with Gasteiger partial charge in [-0.3, -0.25) is 4.79 Å². The number of benzene rings is 3. The summed E-state index contributed by atoms with van der Waals surface area (Å²) in [6, 6.07) is 22.0. The average Bonchev–Trinajstić information content (AvgIpc) is 2.88. The zero-order valence-corrected chi connectivity index (χ0v) is 18.5. The minimum atomic E-state index is -4.07. The Balaban J connectivity index is 1.94. The van der Waals surface area contributed by atoms with Crippen molar-refractivity contribution in [3.63, 3.8) is 0 Å². The first-order valence-corrected chi connectivity index (χ1v) is 11.7. The molecule has 1 amide bonds. The van der Waals surface area contributed by atoms with Crippen LogP contribution in [0.4, 0.5) is 5.69 Å². The van der Waals surface area contributed by atoms with Crippen LogP contribution in [0.2, 0.25) is 0 Å². The Morgan fingerprint density at radius 2 is 1.58 bits per heavy atom. The molecule has 0 N–H and O–H groups in total. The normalized spacial score (nSPS) is 18.9. The van der Waals surface area contributed by atoms with Gasteiger partial charge in [0.25, 0.3) is 10.0 Å². The molecular weight excluding hydrogens is 406 g/mol. The second kappa shape index (κ2) is 8.16. The van der Waals surface area contributed by atoms with Gasteiger partial charge < -0.3 is 0 Å². The van der Waals surface area contributed by atoms with Crippen molar-refractivity contribution < 1.29 is 13.2 Å². The molecule has 3 aromatic carbocycles. The summed E-state index contributed by atoms with van der Waals surface area (Å²) in [5, 5.41) is 0. The summed E-state index contributed by atoms with van der Waals surface area (Å²) in [6.45, 7) is 7.81. The Bertz CT molecular complexity index is 1230. The lowest BCUT2D eigenvalue weighted by molar-refractivity contribution is -0.117. The van der Waals surface area contributed by atoms with Crippen LogP contribution in [0.15, 0.2) is 90.3 Å². The number of rotatable bonds is 4. The number of aryl methyl sites for hydroxylation is 2. The van der Waals surface area contributed by atoms with E-state index >= 15 is 0 Å². The third-order valence-corrected chi connectivity index (χ3v) is 7.61.